The largest absolute Gasteiger partial charge is 0.508 e. The monoisotopic (exact) mass is 366 g/mol. The third-order valence-electron chi connectivity index (χ3n) is 4.70. The molecule has 1 amide bonds. The van der Waals surface area contributed by atoms with Crippen molar-refractivity contribution in [2.45, 2.75) is 32.0 Å². The molecule has 2 N–H and O–H groups in total. The van der Waals surface area contributed by atoms with E-state index in [0.29, 0.717) is 12.2 Å². The lowest BCUT2D eigenvalue weighted by molar-refractivity contribution is -0.141. The molecule has 1 fully saturated rings. The number of benzene rings is 1. The molecule has 0 radical (unpaired) electrons. The molecule has 138 valence electrons. The number of nitrogens with one attached hydrogen (secondary N) is 1. The number of aromatic hydroxyl groups is 1. The minimum Gasteiger partial charge on any atom is -0.508 e. The van der Waals surface area contributed by atoms with Gasteiger partial charge in [-0.3, -0.25) is 9.78 Å². The van der Waals surface area contributed by atoms with Crippen molar-refractivity contribution in [3.63, 3.8) is 0 Å². The van der Waals surface area contributed by atoms with Crippen LogP contribution in [0.1, 0.15) is 26.0 Å². The van der Waals surface area contributed by atoms with Gasteiger partial charge in [0.2, 0.25) is 5.91 Å². The lowest BCUT2D eigenvalue weighted by atomic mass is 10.0. The number of aromatic nitrogens is 1. The van der Waals surface area contributed by atoms with Crippen molar-refractivity contribution < 1.29 is 27.8 Å². The van der Waals surface area contributed by atoms with E-state index in [9.17, 15) is 23.1 Å². The molecular formula is C18H17F3N2O3. The summed E-state index contributed by atoms with van der Waals surface area (Å²) < 4.78 is 44.0. The average Bonchev–Trinajstić information content (AvgIpc) is 3.09. The normalized spacial score (nSPS) is 24.8. The zero-order valence-corrected chi connectivity index (χ0v) is 14.1. The minimum atomic E-state index is -4.59. The molecular weight excluding hydrogens is 349 g/mol. The maximum atomic E-state index is 12.7. The van der Waals surface area contributed by atoms with Gasteiger partial charge < -0.3 is 15.2 Å². The molecule has 0 spiro atoms. The van der Waals surface area contributed by atoms with Crippen LogP contribution in [0.4, 0.5) is 18.9 Å². The van der Waals surface area contributed by atoms with Crippen molar-refractivity contribution in [1.82, 2.24) is 4.98 Å². The van der Waals surface area contributed by atoms with Crippen LogP contribution in [0.2, 0.25) is 0 Å². The van der Waals surface area contributed by atoms with Gasteiger partial charge in [-0.25, -0.2) is 0 Å². The predicted octanol–water partition coefficient (Wildman–Crippen LogP) is 3.99. The lowest BCUT2D eigenvalue weighted by Crippen LogP contribution is -2.32. The Labute approximate surface area is 147 Å². The zero-order chi connectivity index (χ0) is 19.2. The number of phenolic OH excluding ortho intramolecular Hbond substituents is 1. The van der Waals surface area contributed by atoms with Crippen LogP contribution in [-0.2, 0) is 11.0 Å². The molecule has 5 nitrogen and oxygen atoms in total. The molecule has 1 aromatic carbocycles. The van der Waals surface area contributed by atoms with E-state index in [1.807, 2.05) is 0 Å². The van der Waals surface area contributed by atoms with Crippen molar-refractivity contribution in [2.24, 2.45) is 5.41 Å². The van der Waals surface area contributed by atoms with Gasteiger partial charge in [0, 0.05) is 24.4 Å². The topological polar surface area (TPSA) is 71.5 Å². The number of pyridine rings is 1. The number of carbonyl (C=O) groups is 1. The van der Waals surface area contributed by atoms with Gasteiger partial charge in [0.1, 0.15) is 22.8 Å². The third kappa shape index (κ3) is 3.31. The fraction of sp³-hybridized carbons (Fsp3) is 0.333. The molecule has 8 heteroatoms. The minimum absolute atomic E-state index is 0.0187. The molecule has 2 atom stereocenters. The fourth-order valence-electron chi connectivity index (χ4n) is 2.84. The van der Waals surface area contributed by atoms with Crippen molar-refractivity contribution >= 4 is 11.6 Å². The smallest absolute Gasteiger partial charge is 0.433 e. The molecule has 2 unspecified atom stereocenters. The SMILES string of the molecule is CC1(Oc2cccc(O)c2)CC1(C)C(=O)Nc1ccnc(C(F)(F)F)c1. The Morgan fingerprint density at radius 2 is 2.00 bits per heavy atom. The zero-order valence-electron chi connectivity index (χ0n) is 14.1. The van der Waals surface area contributed by atoms with Crippen LogP contribution in [0.3, 0.4) is 0 Å². The number of anilines is 1. The quantitative estimate of drug-likeness (QED) is 0.858. The first-order valence-corrected chi connectivity index (χ1v) is 7.86. The molecule has 26 heavy (non-hydrogen) atoms. The maximum Gasteiger partial charge on any atom is 0.433 e. The summed E-state index contributed by atoms with van der Waals surface area (Å²) in [6.45, 7) is 3.42. The summed E-state index contributed by atoms with van der Waals surface area (Å²) in [6.07, 6.45) is -3.20. The number of ether oxygens (including phenoxy) is 1. The Bertz CT molecular complexity index is 856. The first kappa shape index (κ1) is 18.0. The molecule has 1 saturated carbocycles. The van der Waals surface area contributed by atoms with Crippen molar-refractivity contribution in [2.75, 3.05) is 5.32 Å². The summed E-state index contributed by atoms with van der Waals surface area (Å²) in [5.41, 5.74) is -2.80. The molecule has 0 saturated heterocycles. The van der Waals surface area contributed by atoms with Gasteiger partial charge in [-0.1, -0.05) is 6.07 Å². The summed E-state index contributed by atoms with van der Waals surface area (Å²) in [4.78, 5) is 15.9. The van der Waals surface area contributed by atoms with Crippen molar-refractivity contribution in [3.05, 3.63) is 48.3 Å². The highest BCUT2D eigenvalue weighted by atomic mass is 19.4. The first-order valence-electron chi connectivity index (χ1n) is 7.86. The second-order valence-corrected chi connectivity index (χ2v) is 6.72. The Balaban J connectivity index is 1.73. The number of rotatable bonds is 4. The Morgan fingerprint density at radius 3 is 2.65 bits per heavy atom. The summed E-state index contributed by atoms with van der Waals surface area (Å²) in [5, 5.41) is 12.0. The molecule has 0 bridgehead atoms. The molecule has 3 rings (SSSR count). The van der Waals surface area contributed by atoms with E-state index in [4.69, 9.17) is 4.74 Å². The van der Waals surface area contributed by atoms with E-state index in [1.54, 1.807) is 26.0 Å². The first-order chi connectivity index (χ1) is 12.0. The van der Waals surface area contributed by atoms with Gasteiger partial charge in [-0.2, -0.15) is 13.2 Å². The molecule has 1 aliphatic carbocycles. The third-order valence-corrected chi connectivity index (χ3v) is 4.70. The predicted molar refractivity (Wildman–Crippen MR) is 87.7 cm³/mol. The lowest BCUT2D eigenvalue weighted by Gasteiger charge is -2.20. The van der Waals surface area contributed by atoms with Gasteiger partial charge in [-0.15, -0.1) is 0 Å². The van der Waals surface area contributed by atoms with E-state index in [1.165, 1.54) is 18.2 Å². The second-order valence-electron chi connectivity index (χ2n) is 6.72. The van der Waals surface area contributed by atoms with Gasteiger partial charge in [0.25, 0.3) is 0 Å². The van der Waals surface area contributed by atoms with Crippen LogP contribution < -0.4 is 10.1 Å². The number of halogens is 3. The van der Waals surface area contributed by atoms with E-state index < -0.39 is 28.8 Å². The number of phenols is 1. The standard InChI is InChI=1S/C18H17F3N2O3/c1-16(10-17(16,2)26-13-5-3-4-12(24)9-13)15(25)23-11-6-7-22-14(8-11)18(19,20)21/h3-9,24H,10H2,1-2H3,(H,22,23,25). The highest BCUT2D eigenvalue weighted by molar-refractivity contribution is 5.98. The fourth-order valence-corrected chi connectivity index (χ4v) is 2.84. The van der Waals surface area contributed by atoms with E-state index in [2.05, 4.69) is 10.3 Å². The van der Waals surface area contributed by atoms with Crippen LogP contribution >= 0.6 is 0 Å². The highest BCUT2D eigenvalue weighted by Crippen LogP contribution is 2.58. The van der Waals surface area contributed by atoms with Crippen LogP contribution in [0.25, 0.3) is 0 Å². The van der Waals surface area contributed by atoms with E-state index >= 15 is 0 Å². The summed E-state index contributed by atoms with van der Waals surface area (Å²) >= 11 is 0. The van der Waals surface area contributed by atoms with E-state index in [-0.39, 0.29) is 11.4 Å². The van der Waals surface area contributed by atoms with Crippen LogP contribution in [0, 0.1) is 5.41 Å². The summed E-state index contributed by atoms with van der Waals surface area (Å²) in [7, 11) is 0. The number of carbonyl (C=O) groups excluding carboxylic acids is 1. The Morgan fingerprint density at radius 1 is 1.27 bits per heavy atom. The number of hydrogen-bond acceptors (Lipinski definition) is 4. The molecule has 1 aromatic heterocycles. The number of amides is 1. The van der Waals surface area contributed by atoms with Gasteiger partial charge >= 0.3 is 6.18 Å². The van der Waals surface area contributed by atoms with Gasteiger partial charge in [-0.05, 0) is 38.1 Å². The van der Waals surface area contributed by atoms with Crippen molar-refractivity contribution in [1.29, 1.82) is 0 Å². The molecule has 1 aliphatic rings. The summed E-state index contributed by atoms with van der Waals surface area (Å²) in [5.74, 6) is 0.00106. The van der Waals surface area contributed by atoms with E-state index in [0.717, 1.165) is 12.3 Å². The van der Waals surface area contributed by atoms with Crippen LogP contribution in [0.15, 0.2) is 42.6 Å². The van der Waals surface area contributed by atoms with Crippen molar-refractivity contribution in [3.8, 4) is 11.5 Å². The average molecular weight is 366 g/mol. The Hall–Kier alpha value is -2.77. The van der Waals surface area contributed by atoms with Gasteiger partial charge in [0.15, 0.2) is 0 Å². The Kier molecular flexibility index (Phi) is 4.09. The molecule has 1 heterocycles. The maximum absolute atomic E-state index is 12.7. The molecule has 0 aliphatic heterocycles. The molecule has 2 aromatic rings. The van der Waals surface area contributed by atoms with Crippen LogP contribution in [-0.4, -0.2) is 21.6 Å². The summed E-state index contributed by atoms with van der Waals surface area (Å²) in [6, 6.07) is 8.28. The van der Waals surface area contributed by atoms with Crippen LogP contribution in [0.5, 0.6) is 11.5 Å². The van der Waals surface area contributed by atoms with Gasteiger partial charge in [0.05, 0.1) is 5.41 Å². The second kappa shape index (κ2) is 5.89. The number of hydrogen-bond donors (Lipinski definition) is 2. The number of nitrogens with zero attached hydrogens (tertiary/aromatic N) is 1. The highest BCUT2D eigenvalue weighted by Gasteiger charge is 2.68. The number of alkyl halides is 3.